The van der Waals surface area contributed by atoms with E-state index in [0.29, 0.717) is 24.9 Å². The summed E-state index contributed by atoms with van der Waals surface area (Å²) in [7, 11) is 0. The predicted octanol–water partition coefficient (Wildman–Crippen LogP) is 2.94. The van der Waals surface area contributed by atoms with E-state index in [1.807, 2.05) is 20.8 Å². The Morgan fingerprint density at radius 2 is 1.91 bits per heavy atom. The third kappa shape index (κ3) is 4.37. The molecule has 1 heterocycles. The molecule has 2 aliphatic rings. The van der Waals surface area contributed by atoms with Crippen LogP contribution in [0.3, 0.4) is 0 Å². The maximum atomic E-state index is 12.0. The molecule has 2 rings (SSSR count). The monoisotopic (exact) mass is 310 g/mol. The van der Waals surface area contributed by atoms with E-state index in [-0.39, 0.29) is 17.9 Å². The second-order valence-electron chi connectivity index (χ2n) is 7.94. The first-order valence-corrected chi connectivity index (χ1v) is 8.48. The molecule has 1 saturated heterocycles. The molecule has 0 aromatic carbocycles. The zero-order valence-electron chi connectivity index (χ0n) is 14.4. The van der Waals surface area contributed by atoms with Crippen LogP contribution in [-0.2, 0) is 9.53 Å². The molecule has 1 aliphatic carbocycles. The summed E-state index contributed by atoms with van der Waals surface area (Å²) < 4.78 is 5.31. The van der Waals surface area contributed by atoms with Crippen molar-refractivity contribution in [1.29, 1.82) is 0 Å². The largest absolute Gasteiger partial charge is 0.444 e. The molecular weight excluding hydrogens is 280 g/mol. The van der Waals surface area contributed by atoms with Crippen molar-refractivity contribution in [1.82, 2.24) is 10.2 Å². The Morgan fingerprint density at radius 1 is 1.27 bits per heavy atom. The van der Waals surface area contributed by atoms with Crippen LogP contribution in [0.5, 0.6) is 0 Å². The second-order valence-corrected chi connectivity index (χ2v) is 7.94. The Kier molecular flexibility index (Phi) is 5.03. The summed E-state index contributed by atoms with van der Waals surface area (Å²) >= 11 is 0. The highest BCUT2D eigenvalue weighted by molar-refractivity contribution is 5.77. The number of nitrogens with zero attached hydrogens (tertiary/aromatic N) is 1. The van der Waals surface area contributed by atoms with Crippen LogP contribution in [-0.4, -0.2) is 42.1 Å². The molecule has 22 heavy (non-hydrogen) atoms. The molecule has 0 aromatic heterocycles. The molecule has 1 aliphatic heterocycles. The van der Waals surface area contributed by atoms with Gasteiger partial charge in [-0.25, -0.2) is 4.79 Å². The number of hydrogen-bond acceptors (Lipinski definition) is 3. The molecule has 1 saturated carbocycles. The third-order valence-corrected chi connectivity index (χ3v) is 4.91. The molecule has 0 aromatic rings. The Bertz CT molecular complexity index is 413. The van der Waals surface area contributed by atoms with Crippen LogP contribution in [0, 0.1) is 11.3 Å². The third-order valence-electron chi connectivity index (χ3n) is 4.91. The Morgan fingerprint density at radius 3 is 2.36 bits per heavy atom. The minimum absolute atomic E-state index is 0.119. The van der Waals surface area contributed by atoms with Crippen molar-refractivity contribution in [3.05, 3.63) is 0 Å². The van der Waals surface area contributed by atoms with E-state index in [0.717, 1.165) is 13.0 Å². The number of ether oxygens (including phenoxy) is 1. The van der Waals surface area contributed by atoms with Gasteiger partial charge in [-0.2, -0.15) is 0 Å². The summed E-state index contributed by atoms with van der Waals surface area (Å²) in [5.74, 6) is 0.389. The first kappa shape index (κ1) is 17.1. The normalized spacial score (nSPS) is 20.8. The lowest BCUT2D eigenvalue weighted by Gasteiger charge is -2.42. The zero-order valence-corrected chi connectivity index (χ0v) is 14.4. The summed E-state index contributed by atoms with van der Waals surface area (Å²) in [6.45, 7) is 9.85. The SMILES string of the molecule is CCC1(CNC(=O)CC2CN(C(=O)OC(C)(C)C)C2)CCC1. The van der Waals surface area contributed by atoms with E-state index < -0.39 is 5.60 Å². The summed E-state index contributed by atoms with van der Waals surface area (Å²) in [5.41, 5.74) is -0.103. The zero-order chi connectivity index (χ0) is 16.4. The van der Waals surface area contributed by atoms with Gasteiger partial charge in [-0.15, -0.1) is 0 Å². The highest BCUT2D eigenvalue weighted by atomic mass is 16.6. The number of carbonyl (C=O) groups is 2. The fourth-order valence-corrected chi connectivity index (χ4v) is 3.13. The summed E-state index contributed by atoms with van der Waals surface area (Å²) in [6, 6.07) is 0. The second kappa shape index (κ2) is 6.47. The van der Waals surface area contributed by atoms with Gasteiger partial charge in [0.05, 0.1) is 0 Å². The summed E-state index contributed by atoms with van der Waals surface area (Å²) in [5, 5.41) is 3.08. The van der Waals surface area contributed by atoms with Gasteiger partial charge in [-0.1, -0.05) is 13.3 Å². The van der Waals surface area contributed by atoms with E-state index in [9.17, 15) is 9.59 Å². The number of likely N-dealkylation sites (tertiary alicyclic amines) is 1. The molecule has 0 spiro atoms. The minimum atomic E-state index is -0.462. The summed E-state index contributed by atoms with van der Waals surface area (Å²) in [6.07, 6.45) is 5.14. The Labute approximate surface area is 133 Å². The van der Waals surface area contributed by atoms with Gasteiger partial charge in [-0.3, -0.25) is 4.79 Å². The highest BCUT2D eigenvalue weighted by Crippen LogP contribution is 2.43. The van der Waals surface area contributed by atoms with Gasteiger partial charge >= 0.3 is 6.09 Å². The molecule has 0 unspecified atom stereocenters. The lowest BCUT2D eigenvalue weighted by molar-refractivity contribution is -0.124. The number of nitrogens with one attached hydrogen (secondary N) is 1. The van der Waals surface area contributed by atoms with Gasteiger partial charge in [0.15, 0.2) is 0 Å². The van der Waals surface area contributed by atoms with Crippen LogP contribution in [0.15, 0.2) is 0 Å². The van der Waals surface area contributed by atoms with Crippen LogP contribution in [0.2, 0.25) is 0 Å². The highest BCUT2D eigenvalue weighted by Gasteiger charge is 2.37. The first-order chi connectivity index (χ1) is 10.2. The molecule has 0 bridgehead atoms. The van der Waals surface area contributed by atoms with Crippen molar-refractivity contribution >= 4 is 12.0 Å². The maximum absolute atomic E-state index is 12.0. The van der Waals surface area contributed by atoms with Crippen molar-refractivity contribution in [3.63, 3.8) is 0 Å². The number of rotatable bonds is 5. The van der Waals surface area contributed by atoms with Crippen molar-refractivity contribution < 1.29 is 14.3 Å². The molecule has 0 radical (unpaired) electrons. The quantitative estimate of drug-likeness (QED) is 0.849. The van der Waals surface area contributed by atoms with Gasteiger partial charge in [0.2, 0.25) is 5.91 Å². The first-order valence-electron chi connectivity index (χ1n) is 8.48. The van der Waals surface area contributed by atoms with E-state index >= 15 is 0 Å². The average molecular weight is 310 g/mol. The Hall–Kier alpha value is -1.26. The maximum Gasteiger partial charge on any atom is 0.410 e. The van der Waals surface area contributed by atoms with Crippen LogP contribution in [0.1, 0.15) is 59.8 Å². The summed E-state index contributed by atoms with van der Waals surface area (Å²) in [4.78, 5) is 25.5. The van der Waals surface area contributed by atoms with Crippen LogP contribution >= 0.6 is 0 Å². The minimum Gasteiger partial charge on any atom is -0.444 e. The van der Waals surface area contributed by atoms with Crippen LogP contribution < -0.4 is 5.32 Å². The van der Waals surface area contributed by atoms with Gasteiger partial charge in [-0.05, 0) is 45.4 Å². The van der Waals surface area contributed by atoms with Gasteiger partial charge in [0.25, 0.3) is 0 Å². The molecule has 2 fully saturated rings. The standard InChI is InChI=1S/C17H30N2O3/c1-5-17(7-6-8-17)12-18-14(20)9-13-10-19(11-13)15(21)22-16(2,3)4/h13H,5-12H2,1-4H3,(H,18,20). The molecule has 1 N–H and O–H groups in total. The van der Waals surface area contributed by atoms with Crippen molar-refractivity contribution in [3.8, 4) is 0 Å². The van der Waals surface area contributed by atoms with Crippen molar-refractivity contribution in [2.45, 2.75) is 65.4 Å². The van der Waals surface area contributed by atoms with E-state index in [1.165, 1.54) is 19.3 Å². The van der Waals surface area contributed by atoms with E-state index in [1.54, 1.807) is 4.90 Å². The van der Waals surface area contributed by atoms with Crippen LogP contribution in [0.25, 0.3) is 0 Å². The molecule has 5 heteroatoms. The number of hydrogen-bond donors (Lipinski definition) is 1. The average Bonchev–Trinajstić information content (AvgIpc) is 2.30. The predicted molar refractivity (Wildman–Crippen MR) is 85.5 cm³/mol. The fraction of sp³-hybridized carbons (Fsp3) is 0.882. The molecular formula is C17H30N2O3. The lowest BCUT2D eigenvalue weighted by Crippen LogP contribution is -2.53. The van der Waals surface area contributed by atoms with Crippen LogP contribution in [0.4, 0.5) is 4.79 Å². The molecule has 0 atom stereocenters. The smallest absolute Gasteiger partial charge is 0.410 e. The van der Waals surface area contributed by atoms with Crippen molar-refractivity contribution in [2.75, 3.05) is 19.6 Å². The van der Waals surface area contributed by atoms with E-state index in [2.05, 4.69) is 12.2 Å². The molecule has 2 amide bonds. The molecule has 5 nitrogen and oxygen atoms in total. The number of amides is 2. The lowest BCUT2D eigenvalue weighted by atomic mass is 9.67. The van der Waals surface area contributed by atoms with Gasteiger partial charge < -0.3 is 15.0 Å². The topological polar surface area (TPSA) is 58.6 Å². The van der Waals surface area contributed by atoms with Crippen molar-refractivity contribution in [2.24, 2.45) is 11.3 Å². The Balaban J connectivity index is 1.63. The van der Waals surface area contributed by atoms with Gasteiger partial charge in [0, 0.05) is 32.0 Å². The van der Waals surface area contributed by atoms with Gasteiger partial charge in [0.1, 0.15) is 5.60 Å². The van der Waals surface area contributed by atoms with E-state index in [4.69, 9.17) is 4.74 Å². The molecule has 126 valence electrons. The fourth-order valence-electron chi connectivity index (χ4n) is 3.13. The number of carbonyl (C=O) groups excluding carboxylic acids is 2.